The van der Waals surface area contributed by atoms with E-state index >= 15 is 0 Å². The molecule has 0 unspecified atom stereocenters. The quantitative estimate of drug-likeness (QED) is 0.768. The van der Waals surface area contributed by atoms with E-state index in [4.69, 9.17) is 4.74 Å². The van der Waals surface area contributed by atoms with E-state index in [1.807, 2.05) is 0 Å². The topological polar surface area (TPSA) is 39.2 Å². The van der Waals surface area contributed by atoms with Crippen molar-refractivity contribution in [3.63, 3.8) is 0 Å². The third-order valence-electron chi connectivity index (χ3n) is 2.00. The number of pyridine rings is 1. The molecule has 0 radical (unpaired) electrons. The molecule has 1 aromatic heterocycles. The van der Waals surface area contributed by atoms with Crippen molar-refractivity contribution in [2.45, 2.75) is 0 Å². The van der Waals surface area contributed by atoms with E-state index in [1.54, 1.807) is 0 Å². The van der Waals surface area contributed by atoms with Gasteiger partial charge in [-0.25, -0.2) is 13.8 Å². The van der Waals surface area contributed by atoms with Gasteiger partial charge in [0, 0.05) is 23.9 Å². The fraction of sp³-hybridized carbons (Fsp3) is 0. The molecular formula is C12H7F2NO2. The van der Waals surface area contributed by atoms with Gasteiger partial charge in [0.05, 0.1) is 0 Å². The van der Waals surface area contributed by atoms with E-state index in [1.165, 1.54) is 18.3 Å². The third kappa shape index (κ3) is 2.63. The minimum Gasteiger partial charge on any atom is -0.436 e. The fourth-order valence-corrected chi connectivity index (χ4v) is 1.19. The summed E-state index contributed by atoms with van der Waals surface area (Å²) in [7, 11) is 0. The SMILES string of the molecule is O=Cc1ccc(Oc2cc(F)ccc2F)nc1. The van der Waals surface area contributed by atoms with Crippen molar-refractivity contribution < 1.29 is 18.3 Å². The molecule has 0 bridgehead atoms. The van der Waals surface area contributed by atoms with Crippen LogP contribution in [0.1, 0.15) is 10.4 Å². The van der Waals surface area contributed by atoms with Crippen LogP contribution in [-0.2, 0) is 0 Å². The molecule has 0 amide bonds. The summed E-state index contributed by atoms with van der Waals surface area (Å²) >= 11 is 0. The molecule has 2 aromatic rings. The van der Waals surface area contributed by atoms with Gasteiger partial charge in [-0.15, -0.1) is 0 Å². The monoisotopic (exact) mass is 235 g/mol. The number of hydrogen-bond acceptors (Lipinski definition) is 3. The lowest BCUT2D eigenvalue weighted by Crippen LogP contribution is -1.92. The van der Waals surface area contributed by atoms with Gasteiger partial charge in [-0.05, 0) is 18.2 Å². The van der Waals surface area contributed by atoms with Crippen molar-refractivity contribution in [2.75, 3.05) is 0 Å². The third-order valence-corrected chi connectivity index (χ3v) is 2.00. The lowest BCUT2D eigenvalue weighted by atomic mass is 10.3. The molecule has 0 aliphatic rings. The molecule has 0 N–H and O–H groups in total. The number of nitrogens with zero attached hydrogens (tertiary/aromatic N) is 1. The van der Waals surface area contributed by atoms with Gasteiger partial charge in [-0.3, -0.25) is 4.79 Å². The van der Waals surface area contributed by atoms with Gasteiger partial charge < -0.3 is 4.74 Å². The number of hydrogen-bond donors (Lipinski definition) is 0. The van der Waals surface area contributed by atoms with Crippen LogP contribution in [0.25, 0.3) is 0 Å². The zero-order valence-corrected chi connectivity index (χ0v) is 8.56. The number of rotatable bonds is 3. The highest BCUT2D eigenvalue weighted by Gasteiger charge is 2.07. The number of benzene rings is 1. The summed E-state index contributed by atoms with van der Waals surface area (Å²) < 4.78 is 31.1. The van der Waals surface area contributed by atoms with Gasteiger partial charge >= 0.3 is 0 Å². The first-order chi connectivity index (χ1) is 8.19. The predicted molar refractivity (Wildman–Crippen MR) is 56.1 cm³/mol. The summed E-state index contributed by atoms with van der Waals surface area (Å²) in [5.74, 6) is -1.46. The molecule has 5 heteroatoms. The summed E-state index contributed by atoms with van der Waals surface area (Å²) in [5.41, 5.74) is 0.372. The highest BCUT2D eigenvalue weighted by molar-refractivity contribution is 5.74. The van der Waals surface area contributed by atoms with Crippen LogP contribution >= 0.6 is 0 Å². The predicted octanol–water partition coefficient (Wildman–Crippen LogP) is 2.96. The van der Waals surface area contributed by atoms with Crippen LogP contribution in [0, 0.1) is 11.6 Å². The normalized spacial score (nSPS) is 10.0. The van der Waals surface area contributed by atoms with Gasteiger partial charge in [-0.1, -0.05) is 0 Å². The summed E-state index contributed by atoms with van der Waals surface area (Å²) in [5, 5.41) is 0. The van der Waals surface area contributed by atoms with Crippen molar-refractivity contribution in [1.82, 2.24) is 4.98 Å². The largest absolute Gasteiger partial charge is 0.436 e. The Hall–Kier alpha value is -2.30. The van der Waals surface area contributed by atoms with Crippen LogP contribution in [0.4, 0.5) is 8.78 Å². The summed E-state index contributed by atoms with van der Waals surface area (Å²) in [6.07, 6.45) is 1.90. The maximum atomic E-state index is 13.2. The molecule has 0 saturated carbocycles. The van der Waals surface area contributed by atoms with E-state index in [-0.39, 0.29) is 11.6 Å². The van der Waals surface area contributed by atoms with Crippen LogP contribution < -0.4 is 4.74 Å². The first kappa shape index (κ1) is 11.2. The molecule has 0 spiro atoms. The van der Waals surface area contributed by atoms with Crippen molar-refractivity contribution in [3.05, 3.63) is 53.7 Å². The van der Waals surface area contributed by atoms with Crippen molar-refractivity contribution in [1.29, 1.82) is 0 Å². The minimum atomic E-state index is -0.687. The summed E-state index contributed by atoms with van der Waals surface area (Å²) in [6.45, 7) is 0. The van der Waals surface area contributed by atoms with E-state index in [0.29, 0.717) is 11.8 Å². The smallest absolute Gasteiger partial charge is 0.219 e. The number of carbonyl (C=O) groups excluding carboxylic acids is 1. The zero-order valence-electron chi connectivity index (χ0n) is 8.56. The zero-order chi connectivity index (χ0) is 12.3. The average molecular weight is 235 g/mol. The first-order valence-electron chi connectivity index (χ1n) is 4.73. The Morgan fingerprint density at radius 3 is 2.65 bits per heavy atom. The Balaban J connectivity index is 2.24. The number of aromatic nitrogens is 1. The Kier molecular flexibility index (Phi) is 3.09. The van der Waals surface area contributed by atoms with Crippen molar-refractivity contribution in [2.24, 2.45) is 0 Å². The second-order valence-electron chi connectivity index (χ2n) is 3.22. The maximum absolute atomic E-state index is 13.2. The minimum absolute atomic E-state index is 0.0834. The Labute approximate surface area is 95.7 Å². The second-order valence-corrected chi connectivity index (χ2v) is 3.22. The van der Waals surface area contributed by atoms with E-state index in [0.717, 1.165) is 18.2 Å². The van der Waals surface area contributed by atoms with Gasteiger partial charge in [-0.2, -0.15) is 0 Å². The van der Waals surface area contributed by atoms with Gasteiger partial charge in [0.1, 0.15) is 5.82 Å². The number of halogens is 2. The Morgan fingerprint density at radius 2 is 2.00 bits per heavy atom. The average Bonchev–Trinajstić information content (AvgIpc) is 2.35. The molecule has 1 heterocycles. The molecule has 1 aromatic carbocycles. The second kappa shape index (κ2) is 4.69. The van der Waals surface area contributed by atoms with Gasteiger partial charge in [0.2, 0.25) is 5.88 Å². The molecule has 0 saturated heterocycles. The van der Waals surface area contributed by atoms with Crippen LogP contribution in [0.2, 0.25) is 0 Å². The van der Waals surface area contributed by atoms with Crippen LogP contribution in [-0.4, -0.2) is 11.3 Å². The van der Waals surface area contributed by atoms with Crippen LogP contribution in [0.3, 0.4) is 0 Å². The lowest BCUT2D eigenvalue weighted by molar-refractivity contribution is 0.112. The Morgan fingerprint density at radius 1 is 1.18 bits per heavy atom. The molecule has 0 aliphatic heterocycles. The highest BCUT2D eigenvalue weighted by atomic mass is 19.1. The fourth-order valence-electron chi connectivity index (χ4n) is 1.19. The van der Waals surface area contributed by atoms with Crippen molar-refractivity contribution in [3.8, 4) is 11.6 Å². The summed E-state index contributed by atoms with van der Waals surface area (Å²) in [6, 6.07) is 5.74. The van der Waals surface area contributed by atoms with E-state index in [2.05, 4.69) is 4.98 Å². The number of carbonyl (C=O) groups is 1. The van der Waals surface area contributed by atoms with Gasteiger partial charge in [0.15, 0.2) is 17.9 Å². The first-order valence-corrected chi connectivity index (χ1v) is 4.73. The number of aldehydes is 1. The van der Waals surface area contributed by atoms with Crippen molar-refractivity contribution >= 4 is 6.29 Å². The van der Waals surface area contributed by atoms with E-state index < -0.39 is 11.6 Å². The molecule has 17 heavy (non-hydrogen) atoms. The molecule has 0 aliphatic carbocycles. The molecule has 0 fully saturated rings. The maximum Gasteiger partial charge on any atom is 0.219 e. The summed E-state index contributed by atoms with van der Waals surface area (Å²) in [4.78, 5) is 14.2. The lowest BCUT2D eigenvalue weighted by Gasteiger charge is -2.05. The number of ether oxygens (including phenoxy) is 1. The molecule has 86 valence electrons. The molecular weight excluding hydrogens is 228 g/mol. The highest BCUT2D eigenvalue weighted by Crippen LogP contribution is 2.23. The van der Waals surface area contributed by atoms with E-state index in [9.17, 15) is 13.6 Å². The molecule has 2 rings (SSSR count). The Bertz CT molecular complexity index is 541. The standard InChI is InChI=1S/C12H7F2NO2/c13-9-2-3-10(14)11(5-9)17-12-4-1-8(7-16)6-15-12/h1-7H. The van der Waals surface area contributed by atoms with Crippen LogP contribution in [0.15, 0.2) is 36.5 Å². The van der Waals surface area contributed by atoms with Gasteiger partial charge in [0.25, 0.3) is 0 Å². The molecule has 3 nitrogen and oxygen atoms in total. The molecule has 0 atom stereocenters. The van der Waals surface area contributed by atoms with Crippen LogP contribution in [0.5, 0.6) is 11.6 Å².